The van der Waals surface area contributed by atoms with Crippen LogP contribution in [0.1, 0.15) is 18.3 Å². The van der Waals surface area contributed by atoms with Crippen LogP contribution in [0.3, 0.4) is 0 Å². The molecule has 0 unspecified atom stereocenters. The zero-order valence-electron chi connectivity index (χ0n) is 11.2. The van der Waals surface area contributed by atoms with Crippen LogP contribution >= 0.6 is 23.1 Å². The summed E-state index contributed by atoms with van der Waals surface area (Å²) < 4.78 is 2.55. The molecule has 1 atom stereocenters. The summed E-state index contributed by atoms with van der Waals surface area (Å²) in [4.78, 5) is 12.1. The van der Waals surface area contributed by atoms with Crippen molar-refractivity contribution in [1.29, 1.82) is 0 Å². The highest BCUT2D eigenvalue weighted by Crippen LogP contribution is 2.26. The number of aryl methyl sites for hydroxylation is 2. The van der Waals surface area contributed by atoms with Crippen molar-refractivity contribution in [3.8, 4) is 0 Å². The van der Waals surface area contributed by atoms with Gasteiger partial charge in [-0.3, -0.25) is 9.48 Å². The number of amides is 1. The van der Waals surface area contributed by atoms with E-state index in [-0.39, 0.29) is 11.2 Å². The van der Waals surface area contributed by atoms with Crippen LogP contribution in [0.2, 0.25) is 0 Å². The number of nitrogens with zero attached hydrogens (tertiary/aromatic N) is 4. The monoisotopic (exact) mass is 297 g/mol. The second-order valence-electron chi connectivity index (χ2n) is 4.12. The summed E-state index contributed by atoms with van der Waals surface area (Å²) >= 11 is 2.83. The van der Waals surface area contributed by atoms with E-state index in [0.29, 0.717) is 0 Å². The summed E-state index contributed by atoms with van der Waals surface area (Å²) in [6, 6.07) is 0. The first-order valence-corrected chi connectivity index (χ1v) is 7.49. The quantitative estimate of drug-likeness (QED) is 0.874. The lowest BCUT2D eigenvalue weighted by Gasteiger charge is -2.10. The first-order valence-electron chi connectivity index (χ1n) is 5.73. The summed E-state index contributed by atoms with van der Waals surface area (Å²) in [7, 11) is 1.86. The smallest absolute Gasteiger partial charge is 0.237 e. The third-order valence-corrected chi connectivity index (χ3v) is 4.66. The molecular formula is C11H15N5OS2. The highest BCUT2D eigenvalue weighted by atomic mass is 32.2. The standard InChI is InChI=1S/C11H15N5OS2/c1-6-9(7(2)16(4)15-6)13-10(17)8(3)19-11-14-12-5-18-11/h5,8H,1-4H3,(H,13,17)/t8-/m0/s1. The average Bonchev–Trinajstić information content (AvgIpc) is 2.94. The molecule has 1 N–H and O–H groups in total. The van der Waals surface area contributed by atoms with E-state index in [4.69, 9.17) is 0 Å². The van der Waals surface area contributed by atoms with E-state index >= 15 is 0 Å². The predicted octanol–water partition coefficient (Wildman–Crippen LogP) is 2.01. The Morgan fingerprint density at radius 2 is 2.26 bits per heavy atom. The predicted molar refractivity (Wildman–Crippen MR) is 76.5 cm³/mol. The van der Waals surface area contributed by atoms with Crippen LogP contribution in [-0.4, -0.2) is 31.1 Å². The second-order valence-corrected chi connectivity index (χ2v) is 6.54. The molecule has 0 spiro atoms. The van der Waals surface area contributed by atoms with Crippen LogP contribution in [0.5, 0.6) is 0 Å². The minimum atomic E-state index is -0.230. The van der Waals surface area contributed by atoms with Crippen LogP contribution in [-0.2, 0) is 11.8 Å². The lowest BCUT2D eigenvalue weighted by atomic mass is 10.3. The number of hydrogen-bond acceptors (Lipinski definition) is 6. The van der Waals surface area contributed by atoms with E-state index in [9.17, 15) is 4.79 Å². The summed E-state index contributed by atoms with van der Waals surface area (Å²) in [5.74, 6) is -0.0561. The van der Waals surface area contributed by atoms with Gasteiger partial charge >= 0.3 is 0 Å². The number of aromatic nitrogens is 4. The van der Waals surface area contributed by atoms with E-state index in [2.05, 4.69) is 20.6 Å². The Morgan fingerprint density at radius 3 is 2.79 bits per heavy atom. The molecule has 0 radical (unpaired) electrons. The van der Waals surface area contributed by atoms with E-state index < -0.39 is 0 Å². The summed E-state index contributed by atoms with van der Waals surface area (Å²) in [5.41, 5.74) is 4.21. The first-order chi connectivity index (χ1) is 8.99. The van der Waals surface area contributed by atoms with Gasteiger partial charge in [0.2, 0.25) is 5.91 Å². The zero-order valence-corrected chi connectivity index (χ0v) is 12.8. The molecule has 0 aliphatic rings. The SMILES string of the molecule is Cc1nn(C)c(C)c1NC(=O)[C@H](C)Sc1nncs1. The Balaban J connectivity index is 2.04. The van der Waals surface area contributed by atoms with Gasteiger partial charge in [0.05, 0.1) is 22.3 Å². The number of thioether (sulfide) groups is 1. The number of carbonyl (C=O) groups is 1. The van der Waals surface area contributed by atoms with Gasteiger partial charge in [0.15, 0.2) is 4.34 Å². The maximum Gasteiger partial charge on any atom is 0.237 e. The topological polar surface area (TPSA) is 72.7 Å². The van der Waals surface area contributed by atoms with Crippen LogP contribution in [0.4, 0.5) is 5.69 Å². The van der Waals surface area contributed by atoms with E-state index in [1.807, 2.05) is 27.8 Å². The van der Waals surface area contributed by atoms with Gasteiger partial charge in [0, 0.05) is 7.05 Å². The molecule has 0 saturated heterocycles. The van der Waals surface area contributed by atoms with Gasteiger partial charge in [-0.05, 0) is 20.8 Å². The molecular weight excluding hydrogens is 282 g/mol. The van der Waals surface area contributed by atoms with Crippen molar-refractivity contribution < 1.29 is 4.79 Å². The first kappa shape index (κ1) is 14.0. The third kappa shape index (κ3) is 3.13. The average molecular weight is 297 g/mol. The van der Waals surface area contributed by atoms with Crippen molar-refractivity contribution in [3.05, 3.63) is 16.9 Å². The van der Waals surface area contributed by atoms with Crippen molar-refractivity contribution >= 4 is 34.7 Å². The fourth-order valence-electron chi connectivity index (χ4n) is 1.60. The number of anilines is 1. The molecule has 0 aromatic carbocycles. The Hall–Kier alpha value is -1.41. The van der Waals surface area contributed by atoms with Crippen LogP contribution in [0, 0.1) is 13.8 Å². The Bertz CT molecular complexity index is 578. The van der Waals surface area contributed by atoms with Crippen molar-refractivity contribution in [2.45, 2.75) is 30.4 Å². The molecule has 0 aliphatic carbocycles. The van der Waals surface area contributed by atoms with E-state index in [0.717, 1.165) is 21.4 Å². The molecule has 2 rings (SSSR count). The molecule has 1 amide bonds. The molecule has 8 heteroatoms. The Kier molecular flexibility index (Phi) is 4.20. The fraction of sp³-hybridized carbons (Fsp3) is 0.455. The van der Waals surface area contributed by atoms with Crippen LogP contribution in [0.25, 0.3) is 0 Å². The van der Waals surface area contributed by atoms with Gasteiger partial charge in [-0.15, -0.1) is 10.2 Å². The third-order valence-electron chi connectivity index (χ3n) is 2.74. The molecule has 2 heterocycles. The van der Waals surface area contributed by atoms with Gasteiger partial charge < -0.3 is 5.32 Å². The van der Waals surface area contributed by atoms with Crippen molar-refractivity contribution in [1.82, 2.24) is 20.0 Å². The summed E-state index contributed by atoms with van der Waals surface area (Å²) in [5, 5.41) is 14.6. The number of carbonyl (C=O) groups excluding carboxylic acids is 1. The normalized spacial score (nSPS) is 12.4. The summed E-state index contributed by atoms with van der Waals surface area (Å²) in [6.07, 6.45) is 0. The minimum absolute atomic E-state index is 0.0561. The second kappa shape index (κ2) is 5.70. The van der Waals surface area contributed by atoms with Gasteiger partial charge in [-0.25, -0.2) is 0 Å². The maximum atomic E-state index is 12.1. The van der Waals surface area contributed by atoms with Gasteiger partial charge in [0.1, 0.15) is 5.51 Å². The molecule has 0 fully saturated rings. The van der Waals surface area contributed by atoms with Crippen molar-refractivity contribution in [2.24, 2.45) is 7.05 Å². The lowest BCUT2D eigenvalue weighted by Crippen LogP contribution is -2.23. The Labute approximate surface area is 119 Å². The minimum Gasteiger partial charge on any atom is -0.322 e. The molecule has 2 aromatic rings. The largest absolute Gasteiger partial charge is 0.322 e. The molecule has 0 saturated carbocycles. The molecule has 102 valence electrons. The fourth-order valence-corrected chi connectivity index (χ4v) is 3.22. The molecule has 2 aromatic heterocycles. The summed E-state index contributed by atoms with van der Waals surface area (Å²) in [6.45, 7) is 5.66. The van der Waals surface area contributed by atoms with Crippen LogP contribution in [0.15, 0.2) is 9.85 Å². The number of hydrogen-bond donors (Lipinski definition) is 1. The maximum absolute atomic E-state index is 12.1. The van der Waals surface area contributed by atoms with Gasteiger partial charge in [-0.2, -0.15) is 5.10 Å². The van der Waals surface area contributed by atoms with Crippen LogP contribution < -0.4 is 5.32 Å². The Morgan fingerprint density at radius 1 is 1.53 bits per heavy atom. The van der Waals surface area contributed by atoms with Crippen molar-refractivity contribution in [2.75, 3.05) is 5.32 Å². The highest BCUT2D eigenvalue weighted by Gasteiger charge is 2.19. The molecule has 19 heavy (non-hydrogen) atoms. The number of nitrogens with one attached hydrogen (secondary N) is 1. The van der Waals surface area contributed by atoms with Crippen molar-refractivity contribution in [3.63, 3.8) is 0 Å². The number of rotatable bonds is 4. The lowest BCUT2D eigenvalue weighted by molar-refractivity contribution is -0.115. The zero-order chi connectivity index (χ0) is 14.0. The van der Waals surface area contributed by atoms with Gasteiger partial charge in [-0.1, -0.05) is 23.1 Å². The van der Waals surface area contributed by atoms with E-state index in [1.54, 1.807) is 10.2 Å². The molecule has 6 nitrogen and oxygen atoms in total. The van der Waals surface area contributed by atoms with E-state index in [1.165, 1.54) is 23.1 Å². The molecule has 0 aliphatic heterocycles. The molecule has 0 bridgehead atoms. The highest BCUT2D eigenvalue weighted by molar-refractivity contribution is 8.02. The van der Waals surface area contributed by atoms with Gasteiger partial charge in [0.25, 0.3) is 0 Å².